The van der Waals surface area contributed by atoms with Gasteiger partial charge in [-0.15, -0.1) is 5.54 Å². The fourth-order valence-corrected chi connectivity index (χ4v) is 17.5. The van der Waals surface area contributed by atoms with Gasteiger partial charge in [-0.05, 0) is 28.2 Å². The van der Waals surface area contributed by atoms with Gasteiger partial charge in [0.2, 0.25) is 5.91 Å². The zero-order chi connectivity index (χ0) is 31.1. The number of hydrogen-bond donors (Lipinski definition) is 2. The molecule has 0 unspecified atom stereocenters. The van der Waals surface area contributed by atoms with Crippen molar-refractivity contribution in [2.45, 2.75) is 128 Å². The SMILES string of the molecule is CC(=O)Nc1ccn([C@@H]2O[C@@H]3CO[Si](C(C)C)(C(C)C)O[Si](C(C)C)(C(C)C)O[C@H]3[C@@]2(O)C#C[Si](C)(C)C)c(=O)n1. The van der Waals surface area contributed by atoms with Crippen LogP contribution in [0.1, 0.15) is 68.5 Å². The fourth-order valence-electron chi connectivity index (χ4n) is 5.72. The van der Waals surface area contributed by atoms with E-state index in [2.05, 4.69) is 96.8 Å². The van der Waals surface area contributed by atoms with Crippen molar-refractivity contribution in [2.24, 2.45) is 0 Å². The minimum Gasteiger partial charge on any atom is -0.414 e. The second-order valence-corrected chi connectivity index (χ2v) is 27.1. The number of ether oxygens (including phenoxy) is 1. The molecule has 10 nitrogen and oxygen atoms in total. The summed E-state index contributed by atoms with van der Waals surface area (Å²) >= 11 is 0. The summed E-state index contributed by atoms with van der Waals surface area (Å²) in [7, 11) is -7.94. The van der Waals surface area contributed by atoms with Crippen LogP contribution in [-0.4, -0.2) is 70.2 Å². The van der Waals surface area contributed by atoms with Crippen LogP contribution in [0.4, 0.5) is 5.82 Å². The third kappa shape index (κ3) is 6.65. The molecule has 1 aromatic rings. The van der Waals surface area contributed by atoms with Crippen LogP contribution in [0.25, 0.3) is 0 Å². The summed E-state index contributed by atoms with van der Waals surface area (Å²) in [5.74, 6) is 2.90. The summed E-state index contributed by atoms with van der Waals surface area (Å²) in [6.45, 7) is 24.7. The molecule has 0 saturated carbocycles. The molecule has 0 aromatic carbocycles. The molecule has 2 aliphatic rings. The Balaban J connectivity index is 2.26. The minimum absolute atomic E-state index is 0.0313. The van der Waals surface area contributed by atoms with E-state index in [1.807, 2.05) is 0 Å². The van der Waals surface area contributed by atoms with Crippen LogP contribution in [0, 0.1) is 11.5 Å². The van der Waals surface area contributed by atoms with Crippen LogP contribution < -0.4 is 11.0 Å². The van der Waals surface area contributed by atoms with E-state index < -0.39 is 54.9 Å². The van der Waals surface area contributed by atoms with Crippen LogP contribution in [0.3, 0.4) is 0 Å². The molecule has 0 bridgehead atoms. The molecular formula is C28H49N3O7Si3. The highest BCUT2D eigenvalue weighted by Gasteiger charge is 2.65. The largest absolute Gasteiger partial charge is 0.414 e. The van der Waals surface area contributed by atoms with Gasteiger partial charge in [-0.25, -0.2) is 4.79 Å². The van der Waals surface area contributed by atoms with Crippen molar-refractivity contribution in [2.75, 3.05) is 11.9 Å². The van der Waals surface area contributed by atoms with Gasteiger partial charge in [-0.1, -0.05) is 81.0 Å². The Morgan fingerprint density at radius 2 is 1.66 bits per heavy atom. The van der Waals surface area contributed by atoms with Gasteiger partial charge in [0.25, 0.3) is 0 Å². The summed E-state index contributed by atoms with van der Waals surface area (Å²) in [6, 6.07) is 1.50. The van der Waals surface area contributed by atoms with Crippen molar-refractivity contribution in [3.8, 4) is 11.5 Å². The molecule has 3 heterocycles. The van der Waals surface area contributed by atoms with Crippen LogP contribution >= 0.6 is 0 Å². The van der Waals surface area contributed by atoms with E-state index in [4.69, 9.17) is 17.7 Å². The van der Waals surface area contributed by atoms with Gasteiger partial charge in [-0.3, -0.25) is 9.36 Å². The van der Waals surface area contributed by atoms with E-state index in [0.29, 0.717) is 0 Å². The molecule has 1 aromatic heterocycles. The number of fused-ring (bicyclic) bond motifs is 1. The summed E-state index contributed by atoms with van der Waals surface area (Å²) in [5, 5.41) is 15.0. The highest BCUT2D eigenvalue weighted by atomic mass is 28.5. The lowest BCUT2D eigenvalue weighted by Gasteiger charge is -2.51. The van der Waals surface area contributed by atoms with Gasteiger partial charge in [0.1, 0.15) is 26.1 Å². The number of aliphatic hydroxyl groups is 1. The third-order valence-electron chi connectivity index (χ3n) is 7.80. The molecule has 2 fully saturated rings. The topological polar surface area (TPSA) is 121 Å². The van der Waals surface area contributed by atoms with Crippen molar-refractivity contribution in [1.29, 1.82) is 0 Å². The smallest absolute Gasteiger partial charge is 0.351 e. The molecule has 0 aliphatic carbocycles. The first-order valence-electron chi connectivity index (χ1n) is 14.6. The molecule has 2 aliphatic heterocycles. The Bertz CT molecular complexity index is 1220. The van der Waals surface area contributed by atoms with E-state index in [1.54, 1.807) is 0 Å². The van der Waals surface area contributed by atoms with E-state index in [1.165, 1.54) is 23.8 Å². The van der Waals surface area contributed by atoms with Gasteiger partial charge >= 0.3 is 22.8 Å². The van der Waals surface area contributed by atoms with E-state index in [0.717, 1.165) is 0 Å². The molecule has 0 radical (unpaired) electrons. The average Bonchev–Trinajstić information content (AvgIpc) is 3.07. The van der Waals surface area contributed by atoms with E-state index in [-0.39, 0.29) is 40.5 Å². The first kappa shape index (κ1) is 33.9. The number of carbonyl (C=O) groups is 1. The average molecular weight is 624 g/mol. The van der Waals surface area contributed by atoms with Crippen molar-refractivity contribution < 1.29 is 27.6 Å². The highest BCUT2D eigenvalue weighted by Crippen LogP contribution is 2.50. The Kier molecular flexibility index (Phi) is 10.0. The lowest BCUT2D eigenvalue weighted by molar-refractivity contribution is -0.114. The van der Waals surface area contributed by atoms with Crippen LogP contribution in [-0.2, 0) is 22.5 Å². The molecular weight excluding hydrogens is 575 g/mol. The lowest BCUT2D eigenvalue weighted by Crippen LogP contribution is -2.67. The molecule has 2 saturated heterocycles. The Morgan fingerprint density at radius 1 is 1.10 bits per heavy atom. The summed E-state index contributed by atoms with van der Waals surface area (Å²) < 4.78 is 29.0. The number of rotatable bonds is 6. The fraction of sp³-hybridized carbons (Fsp3) is 0.750. The Hall–Kier alpha value is -1.64. The van der Waals surface area contributed by atoms with Crippen LogP contribution in [0.2, 0.25) is 41.8 Å². The minimum atomic E-state index is -3.11. The second kappa shape index (κ2) is 12.2. The zero-order valence-electron chi connectivity index (χ0n) is 26.7. The van der Waals surface area contributed by atoms with Gasteiger partial charge in [0.15, 0.2) is 11.8 Å². The molecule has 1 amide bonds. The number of nitrogens with one attached hydrogen (secondary N) is 1. The van der Waals surface area contributed by atoms with Crippen molar-refractivity contribution >= 4 is 36.9 Å². The van der Waals surface area contributed by atoms with Gasteiger partial charge < -0.3 is 28.1 Å². The molecule has 0 spiro atoms. The van der Waals surface area contributed by atoms with Gasteiger partial charge in [0.05, 0.1) is 6.61 Å². The van der Waals surface area contributed by atoms with Crippen molar-refractivity contribution in [1.82, 2.24) is 9.55 Å². The maximum atomic E-state index is 13.3. The summed E-state index contributed by atoms with van der Waals surface area (Å²) in [6.07, 6.45) is -1.39. The Labute approximate surface area is 248 Å². The van der Waals surface area contributed by atoms with Gasteiger partial charge in [0, 0.05) is 13.1 Å². The standard InChI is InChI=1S/C28H49N3O7Si3/c1-18(2)40(19(3)4)35-17-23-25(37-41(38-40,20(5)6)21(7)8)28(34,14-16-39(10,11)12)26(36-23)31-15-13-24(29-22(9)32)30-27(31)33/h13,15,18-21,23,25-26,34H,17H2,1-12H3,(H,29,30,32,33)/t23-,25-,26-,28+/m1/s1. The van der Waals surface area contributed by atoms with Crippen LogP contribution in [0.5, 0.6) is 0 Å². The monoisotopic (exact) mass is 623 g/mol. The van der Waals surface area contributed by atoms with E-state index in [9.17, 15) is 14.7 Å². The number of aromatic nitrogens is 2. The van der Waals surface area contributed by atoms with E-state index >= 15 is 0 Å². The quantitative estimate of drug-likeness (QED) is 0.347. The highest BCUT2D eigenvalue weighted by molar-refractivity contribution is 6.84. The second-order valence-electron chi connectivity index (χ2n) is 13.5. The summed E-state index contributed by atoms with van der Waals surface area (Å²) in [5.41, 5.74) is 1.06. The lowest BCUT2D eigenvalue weighted by atomic mass is 9.95. The molecule has 4 atom stereocenters. The maximum absolute atomic E-state index is 13.3. The molecule has 13 heteroatoms. The number of anilines is 1. The zero-order valence-corrected chi connectivity index (χ0v) is 29.7. The predicted octanol–water partition coefficient (Wildman–Crippen LogP) is 4.67. The first-order chi connectivity index (χ1) is 18.8. The molecule has 230 valence electrons. The van der Waals surface area contributed by atoms with Crippen LogP contribution in [0.15, 0.2) is 17.1 Å². The third-order valence-corrected chi connectivity index (χ3v) is 18.9. The number of amides is 1. The van der Waals surface area contributed by atoms with Crippen molar-refractivity contribution in [3.05, 3.63) is 22.7 Å². The number of nitrogens with zero attached hydrogens (tertiary/aromatic N) is 2. The molecule has 2 N–H and O–H groups in total. The number of hydrogen-bond acceptors (Lipinski definition) is 8. The Morgan fingerprint density at radius 3 is 2.12 bits per heavy atom. The summed E-state index contributed by atoms with van der Waals surface area (Å²) in [4.78, 5) is 28.8. The normalized spacial score (nSPS) is 27.8. The maximum Gasteiger partial charge on any atom is 0.351 e. The number of carbonyl (C=O) groups excluding carboxylic acids is 1. The molecule has 3 rings (SSSR count). The molecule has 41 heavy (non-hydrogen) atoms. The van der Waals surface area contributed by atoms with Gasteiger partial charge in [-0.2, -0.15) is 4.98 Å². The van der Waals surface area contributed by atoms with Crippen molar-refractivity contribution in [3.63, 3.8) is 0 Å². The predicted molar refractivity (Wildman–Crippen MR) is 167 cm³/mol. The first-order valence-corrected chi connectivity index (χ1v) is 22.0.